The van der Waals surface area contributed by atoms with E-state index in [0.29, 0.717) is 36.5 Å². The maximum absolute atomic E-state index is 13.9. The molecule has 2 aliphatic rings. The van der Waals surface area contributed by atoms with Crippen LogP contribution in [0.5, 0.6) is 11.5 Å². The molecule has 3 aromatic rings. The standard InChI is InChI=1S/C31H34N4O4/c1-31(2)15-23-28(25(36)16-31)29(21-10-7-13-26(38-3)30(21)39-4)35(24-12-6-5-11-22(24)34-23)19-27(37)33-18-20-9-8-14-32-17-20/h5-14,17,29,34H,15-16,18-19H2,1-4H3,(H,33,37). The van der Waals surface area contributed by atoms with Crippen LogP contribution in [-0.4, -0.2) is 37.4 Å². The van der Waals surface area contributed by atoms with E-state index in [2.05, 4.69) is 29.5 Å². The number of fused-ring (bicyclic) bond motifs is 1. The van der Waals surface area contributed by atoms with Gasteiger partial charge >= 0.3 is 0 Å². The number of methoxy groups -OCH3 is 2. The molecule has 0 saturated heterocycles. The highest BCUT2D eigenvalue weighted by Crippen LogP contribution is 2.50. The molecule has 0 radical (unpaired) electrons. The van der Waals surface area contributed by atoms with Crippen LogP contribution in [0.25, 0.3) is 0 Å². The Balaban J connectivity index is 1.65. The predicted octanol–water partition coefficient (Wildman–Crippen LogP) is 5.03. The Morgan fingerprint density at radius 2 is 1.90 bits per heavy atom. The van der Waals surface area contributed by atoms with Crippen molar-refractivity contribution < 1.29 is 19.1 Å². The third-order valence-corrected chi connectivity index (χ3v) is 7.26. The molecular weight excluding hydrogens is 492 g/mol. The van der Waals surface area contributed by atoms with E-state index in [-0.39, 0.29) is 23.7 Å². The van der Waals surface area contributed by atoms with Crippen LogP contribution in [0.2, 0.25) is 0 Å². The number of hydrogen-bond acceptors (Lipinski definition) is 7. The second-order valence-corrected chi connectivity index (χ2v) is 10.7. The maximum Gasteiger partial charge on any atom is 0.239 e. The summed E-state index contributed by atoms with van der Waals surface area (Å²) in [6, 6.07) is 16.7. The van der Waals surface area contributed by atoms with Gasteiger partial charge in [0.2, 0.25) is 5.91 Å². The number of benzene rings is 2. The van der Waals surface area contributed by atoms with Crippen molar-refractivity contribution in [1.82, 2.24) is 10.3 Å². The molecule has 0 fully saturated rings. The number of hydrogen-bond donors (Lipinski definition) is 2. The topological polar surface area (TPSA) is 92.8 Å². The van der Waals surface area contributed by atoms with Crippen LogP contribution in [0.3, 0.4) is 0 Å². The monoisotopic (exact) mass is 526 g/mol. The van der Waals surface area contributed by atoms with Crippen LogP contribution < -0.4 is 25.0 Å². The smallest absolute Gasteiger partial charge is 0.239 e. The second-order valence-electron chi connectivity index (χ2n) is 10.7. The zero-order chi connectivity index (χ0) is 27.6. The van der Waals surface area contributed by atoms with Crippen molar-refractivity contribution in [2.45, 2.75) is 39.3 Å². The minimum absolute atomic E-state index is 0.0252. The van der Waals surface area contributed by atoms with Crippen molar-refractivity contribution in [1.29, 1.82) is 0 Å². The fourth-order valence-electron chi connectivity index (χ4n) is 5.59. The summed E-state index contributed by atoms with van der Waals surface area (Å²) in [7, 11) is 3.19. The molecule has 0 saturated carbocycles. The number of rotatable bonds is 7. The Kier molecular flexibility index (Phi) is 7.28. The number of anilines is 2. The van der Waals surface area contributed by atoms with Gasteiger partial charge in [0.25, 0.3) is 0 Å². The minimum Gasteiger partial charge on any atom is -0.493 e. The molecule has 1 aromatic heterocycles. The van der Waals surface area contributed by atoms with Crippen LogP contribution in [0.1, 0.15) is 43.9 Å². The summed E-state index contributed by atoms with van der Waals surface area (Å²) >= 11 is 0. The molecule has 0 spiro atoms. The maximum atomic E-state index is 13.9. The number of ether oxygens (including phenoxy) is 2. The van der Waals surface area contributed by atoms with E-state index < -0.39 is 6.04 Å². The number of allylic oxidation sites excluding steroid dienone is 1. The van der Waals surface area contributed by atoms with Gasteiger partial charge in [-0.25, -0.2) is 0 Å². The number of carbonyl (C=O) groups is 2. The number of aromatic nitrogens is 1. The molecule has 8 nitrogen and oxygen atoms in total. The van der Waals surface area contributed by atoms with Gasteiger partial charge in [-0.1, -0.05) is 44.2 Å². The minimum atomic E-state index is -0.575. The fourth-order valence-corrected chi connectivity index (χ4v) is 5.59. The molecule has 0 bridgehead atoms. The third-order valence-electron chi connectivity index (χ3n) is 7.26. The van der Waals surface area contributed by atoms with Crippen molar-refractivity contribution in [2.24, 2.45) is 5.41 Å². The molecule has 1 atom stereocenters. The SMILES string of the molecule is COc1cccc(C2C3=C(CC(C)(C)CC3=O)Nc3ccccc3N2CC(=O)NCc2cccnc2)c1OC. The number of Topliss-reactive ketones (excluding diaryl/α,β-unsaturated/α-hetero) is 1. The summed E-state index contributed by atoms with van der Waals surface area (Å²) in [5.41, 5.74) is 4.66. The highest BCUT2D eigenvalue weighted by molar-refractivity contribution is 6.02. The molecule has 1 unspecified atom stereocenters. The largest absolute Gasteiger partial charge is 0.493 e. The van der Waals surface area contributed by atoms with E-state index in [4.69, 9.17) is 9.47 Å². The second kappa shape index (κ2) is 10.8. The first kappa shape index (κ1) is 26.3. The van der Waals surface area contributed by atoms with Crippen LogP contribution in [0.4, 0.5) is 11.4 Å². The van der Waals surface area contributed by atoms with E-state index in [1.807, 2.05) is 59.5 Å². The van der Waals surface area contributed by atoms with Crippen LogP contribution in [0.15, 0.2) is 78.3 Å². The zero-order valence-corrected chi connectivity index (χ0v) is 22.8. The van der Waals surface area contributed by atoms with Crippen LogP contribution in [0, 0.1) is 5.41 Å². The molecule has 2 aromatic carbocycles. The van der Waals surface area contributed by atoms with Crippen molar-refractivity contribution in [3.05, 3.63) is 89.4 Å². The predicted molar refractivity (Wildman–Crippen MR) is 151 cm³/mol. The summed E-state index contributed by atoms with van der Waals surface area (Å²) in [5, 5.41) is 6.60. The molecule has 2 heterocycles. The van der Waals surface area contributed by atoms with E-state index in [9.17, 15) is 9.59 Å². The molecule has 1 amide bonds. The summed E-state index contributed by atoms with van der Waals surface area (Å²) in [6.07, 6.45) is 4.54. The van der Waals surface area contributed by atoms with Gasteiger partial charge in [-0.2, -0.15) is 0 Å². The van der Waals surface area contributed by atoms with Gasteiger partial charge in [0.1, 0.15) is 0 Å². The zero-order valence-electron chi connectivity index (χ0n) is 22.8. The highest BCUT2D eigenvalue weighted by Gasteiger charge is 2.43. The van der Waals surface area contributed by atoms with Gasteiger partial charge in [-0.15, -0.1) is 0 Å². The number of nitrogens with zero attached hydrogens (tertiary/aromatic N) is 2. The van der Waals surface area contributed by atoms with Crippen molar-refractivity contribution >= 4 is 23.1 Å². The number of para-hydroxylation sites is 3. The van der Waals surface area contributed by atoms with Crippen molar-refractivity contribution in [3.8, 4) is 11.5 Å². The normalized spacial score (nSPS) is 17.9. The number of ketones is 1. The van der Waals surface area contributed by atoms with Crippen LogP contribution in [-0.2, 0) is 16.1 Å². The molecule has 39 heavy (non-hydrogen) atoms. The quantitative estimate of drug-likeness (QED) is 0.446. The molecule has 1 aliphatic heterocycles. The Labute approximate surface area is 229 Å². The number of nitrogens with one attached hydrogen (secondary N) is 2. The van der Waals surface area contributed by atoms with Crippen molar-refractivity contribution in [3.63, 3.8) is 0 Å². The summed E-state index contributed by atoms with van der Waals surface area (Å²) < 4.78 is 11.5. The summed E-state index contributed by atoms with van der Waals surface area (Å²) in [4.78, 5) is 33.5. The average molecular weight is 527 g/mol. The van der Waals surface area contributed by atoms with E-state index in [0.717, 1.165) is 28.2 Å². The first-order chi connectivity index (χ1) is 18.8. The van der Waals surface area contributed by atoms with E-state index in [1.54, 1.807) is 26.6 Å². The molecular formula is C31H34N4O4. The lowest BCUT2D eigenvalue weighted by atomic mass is 9.73. The third kappa shape index (κ3) is 5.32. The van der Waals surface area contributed by atoms with Gasteiger partial charge in [0.05, 0.1) is 38.2 Å². The van der Waals surface area contributed by atoms with Gasteiger partial charge < -0.3 is 25.0 Å². The Hall–Kier alpha value is -4.33. The first-order valence-electron chi connectivity index (χ1n) is 13.1. The van der Waals surface area contributed by atoms with Gasteiger partial charge in [-0.3, -0.25) is 14.6 Å². The lowest BCUT2D eigenvalue weighted by Crippen LogP contribution is -2.42. The number of carbonyl (C=O) groups excluding carboxylic acids is 2. The Morgan fingerprint density at radius 3 is 2.64 bits per heavy atom. The average Bonchev–Trinajstić information content (AvgIpc) is 3.05. The molecule has 202 valence electrons. The highest BCUT2D eigenvalue weighted by atomic mass is 16.5. The van der Waals surface area contributed by atoms with E-state index >= 15 is 0 Å². The molecule has 8 heteroatoms. The fraction of sp³-hybridized carbons (Fsp3) is 0.323. The molecule has 2 N–H and O–H groups in total. The lowest BCUT2D eigenvalue weighted by molar-refractivity contribution is -0.121. The lowest BCUT2D eigenvalue weighted by Gasteiger charge is -2.38. The molecule has 5 rings (SSSR count). The molecule has 1 aliphatic carbocycles. The Morgan fingerprint density at radius 1 is 1.08 bits per heavy atom. The Bertz CT molecular complexity index is 1420. The summed E-state index contributed by atoms with van der Waals surface area (Å²) in [5.74, 6) is 0.979. The number of amides is 1. The summed E-state index contributed by atoms with van der Waals surface area (Å²) in [6.45, 7) is 4.60. The van der Waals surface area contributed by atoms with Gasteiger partial charge in [0, 0.05) is 42.2 Å². The first-order valence-corrected chi connectivity index (χ1v) is 13.1. The van der Waals surface area contributed by atoms with Gasteiger partial charge in [0.15, 0.2) is 17.3 Å². The number of pyridine rings is 1. The van der Waals surface area contributed by atoms with Gasteiger partial charge in [-0.05, 0) is 41.7 Å². The van der Waals surface area contributed by atoms with E-state index in [1.165, 1.54) is 0 Å². The van der Waals surface area contributed by atoms with Crippen molar-refractivity contribution in [2.75, 3.05) is 31.0 Å². The van der Waals surface area contributed by atoms with Crippen LogP contribution >= 0.6 is 0 Å².